The van der Waals surface area contributed by atoms with Crippen LogP contribution in [0.3, 0.4) is 0 Å². The van der Waals surface area contributed by atoms with Gasteiger partial charge in [-0.05, 0) is 33.4 Å². The zero-order valence-electron chi connectivity index (χ0n) is 43.5. The molecule has 0 bridgehead atoms. The number of amides is 1. The fraction of sp³-hybridized carbons (Fsp3) is 0.362. The first-order valence-electron chi connectivity index (χ1n) is 25.9. The van der Waals surface area contributed by atoms with Gasteiger partial charge in [-0.1, -0.05) is 217 Å². The van der Waals surface area contributed by atoms with Gasteiger partial charge in [0.15, 0.2) is 6.29 Å². The summed E-state index contributed by atoms with van der Waals surface area (Å²) in [6.45, 7) is -4.68. The fourth-order valence-corrected chi connectivity index (χ4v) is 8.86. The first kappa shape index (κ1) is 51.2. The lowest BCUT2D eigenvalue weighted by molar-refractivity contribution is -0.341. The van der Waals surface area contributed by atoms with Gasteiger partial charge in [-0.15, -0.1) is 0 Å². The molecule has 0 aromatic heterocycles. The predicted molar refractivity (Wildman–Crippen MR) is 280 cm³/mol. The summed E-state index contributed by atoms with van der Waals surface area (Å²) >= 11 is 18.2. The molecule has 2 aliphatic rings. The molecule has 5 unspecified atom stereocenters. The second-order valence-electron chi connectivity index (χ2n) is 17.6. The predicted octanol–water partition coefficient (Wildman–Crippen LogP) is 10.1. The van der Waals surface area contributed by atoms with Crippen molar-refractivity contribution >= 4 is 40.9 Å². The van der Waals surface area contributed by atoms with Crippen molar-refractivity contribution in [3.05, 3.63) is 215 Å². The van der Waals surface area contributed by atoms with Crippen molar-refractivity contribution in [1.29, 1.82) is 0 Å². The summed E-state index contributed by atoms with van der Waals surface area (Å²) in [7, 11) is 1.36. The Morgan fingerprint density at radius 2 is 0.973 bits per heavy atom. The van der Waals surface area contributed by atoms with Gasteiger partial charge in [-0.25, -0.2) is 4.79 Å². The van der Waals surface area contributed by atoms with E-state index in [4.69, 9.17) is 82.2 Å². The topological polar surface area (TPSA) is 142 Å². The van der Waals surface area contributed by atoms with Crippen molar-refractivity contribution in [3.8, 4) is 0 Å². The molecule has 8 rings (SSSR count). The second kappa shape index (κ2) is 28.3. The molecule has 14 atom stereocenters. The Morgan fingerprint density at radius 1 is 0.554 bits per heavy atom. The van der Waals surface area contributed by atoms with Gasteiger partial charge in [0.1, 0.15) is 61.5 Å². The molecule has 74 heavy (non-hydrogen) atoms. The van der Waals surface area contributed by atoms with E-state index >= 15 is 0 Å². The van der Waals surface area contributed by atoms with Crippen LogP contribution in [-0.4, -0.2) is 103 Å². The van der Waals surface area contributed by atoms with Crippen LogP contribution in [0.15, 0.2) is 182 Å². The van der Waals surface area contributed by atoms with E-state index < -0.39 is 104 Å². The SMILES string of the molecule is [2H]C(O[C@H]1[C@H](OC([2H])c2ccccc2)[C@@H](OC([2H])c2ccccc2)C(OC)O[C@@H]1C(O)[C@H]1O[C@H](COCc2ccccc2)[C@@H](OCc2ccccc2)[C@H](OCc2ccccc2)[C@H]1NC(=O)OCC(Cl)(Cl)Cl)c1ccccc1. The van der Waals surface area contributed by atoms with Crippen LogP contribution in [0.25, 0.3) is 0 Å². The number of aliphatic hydroxyl groups is 1. The molecule has 6 aromatic rings. The maximum atomic E-state index is 14.1. The first-order valence-corrected chi connectivity index (χ1v) is 25.3. The number of hydrogen-bond donors (Lipinski definition) is 2. The maximum Gasteiger partial charge on any atom is 0.407 e. The van der Waals surface area contributed by atoms with Crippen LogP contribution in [0.4, 0.5) is 4.79 Å². The molecule has 0 spiro atoms. The number of halogens is 3. The van der Waals surface area contributed by atoms with Gasteiger partial charge in [0.25, 0.3) is 0 Å². The van der Waals surface area contributed by atoms with E-state index in [1.165, 1.54) is 7.11 Å². The maximum absolute atomic E-state index is 14.1. The summed E-state index contributed by atoms with van der Waals surface area (Å²) in [5.41, 5.74) is 3.88. The van der Waals surface area contributed by atoms with E-state index in [-0.39, 0.29) is 26.4 Å². The van der Waals surface area contributed by atoms with Crippen molar-refractivity contribution in [1.82, 2.24) is 5.32 Å². The van der Waals surface area contributed by atoms with Crippen molar-refractivity contribution < 1.29 is 61.4 Å². The van der Waals surface area contributed by atoms with Crippen molar-refractivity contribution in [3.63, 3.8) is 0 Å². The number of rotatable bonds is 24. The number of ether oxygens (including phenoxy) is 10. The molecule has 2 heterocycles. The molecule has 2 fully saturated rings. The van der Waals surface area contributed by atoms with E-state index in [9.17, 15) is 14.0 Å². The third-order valence-corrected chi connectivity index (χ3v) is 12.6. The Kier molecular flexibility index (Phi) is 19.5. The van der Waals surface area contributed by atoms with Crippen LogP contribution in [0.2, 0.25) is 0 Å². The number of carbonyl (C=O) groups excluding carboxylic acids is 1. The minimum atomic E-state index is -1.99. The van der Waals surface area contributed by atoms with Crippen LogP contribution in [0, 0.1) is 0 Å². The average molecular weight is 1070 g/mol. The highest BCUT2D eigenvalue weighted by Crippen LogP contribution is 2.37. The fourth-order valence-electron chi connectivity index (χ4n) is 8.69. The average Bonchev–Trinajstić information content (AvgIpc) is 3.46. The molecule has 0 saturated carbocycles. The number of alkyl halides is 3. The lowest BCUT2D eigenvalue weighted by Gasteiger charge is -2.51. The smallest absolute Gasteiger partial charge is 0.407 e. The highest BCUT2D eigenvalue weighted by atomic mass is 35.6. The Bertz CT molecular complexity index is 2650. The number of carbonyl (C=O) groups is 1. The van der Waals surface area contributed by atoms with Crippen LogP contribution in [0.5, 0.6) is 0 Å². The van der Waals surface area contributed by atoms with Gasteiger partial charge < -0.3 is 57.8 Å². The molecule has 2 N–H and O–H groups in total. The normalized spacial score (nSPS) is 26.3. The van der Waals surface area contributed by atoms with Gasteiger partial charge in [0, 0.05) is 7.11 Å². The number of aliphatic hydroxyl groups excluding tert-OH is 1. The van der Waals surface area contributed by atoms with Gasteiger partial charge in [0.2, 0.25) is 3.79 Å². The highest BCUT2D eigenvalue weighted by Gasteiger charge is 2.57. The molecular weight excluding hydrogens is 1010 g/mol. The Labute approximate surface area is 451 Å². The Balaban J connectivity index is 1.24. The number of hydrogen-bond acceptors (Lipinski definition) is 12. The molecule has 16 heteroatoms. The summed E-state index contributed by atoms with van der Waals surface area (Å²) in [5, 5.41) is 16.3. The third-order valence-electron chi connectivity index (χ3n) is 12.3. The van der Waals surface area contributed by atoms with Crippen LogP contribution in [0.1, 0.15) is 37.5 Å². The van der Waals surface area contributed by atoms with Gasteiger partial charge >= 0.3 is 6.09 Å². The lowest BCUT2D eigenvalue weighted by Crippen LogP contribution is -2.72. The minimum Gasteiger partial charge on any atom is -0.445 e. The van der Waals surface area contributed by atoms with E-state index in [1.807, 2.05) is 97.1 Å². The van der Waals surface area contributed by atoms with Gasteiger partial charge in [-0.2, -0.15) is 0 Å². The summed E-state index contributed by atoms with van der Waals surface area (Å²) < 4.78 is 91.3. The molecule has 13 nitrogen and oxygen atoms in total. The first-order chi connectivity index (χ1) is 37.3. The third kappa shape index (κ3) is 16.3. The van der Waals surface area contributed by atoms with Gasteiger partial charge in [-0.3, -0.25) is 0 Å². The summed E-state index contributed by atoms with van der Waals surface area (Å²) in [5.74, 6) is 0. The number of nitrogens with one attached hydrogen (secondary N) is 1. The number of benzene rings is 6. The lowest BCUT2D eigenvalue weighted by atomic mass is 9.84. The molecule has 6 aromatic carbocycles. The van der Waals surface area contributed by atoms with E-state index in [0.29, 0.717) is 16.7 Å². The summed E-state index contributed by atoms with van der Waals surface area (Å²) in [4.78, 5) is 14.1. The zero-order chi connectivity index (χ0) is 54.2. The van der Waals surface area contributed by atoms with Crippen LogP contribution < -0.4 is 5.32 Å². The number of methoxy groups -OCH3 is 1. The van der Waals surface area contributed by atoms with Crippen molar-refractivity contribution in [2.75, 3.05) is 20.3 Å². The zero-order valence-corrected chi connectivity index (χ0v) is 42.8. The molecular formula is C58H62Cl3NO12. The Hall–Kier alpha value is -4.94. The quantitative estimate of drug-likeness (QED) is 0.0558. The molecule has 392 valence electrons. The Morgan fingerprint density at radius 3 is 1.43 bits per heavy atom. The molecule has 0 aliphatic carbocycles. The molecule has 1 amide bonds. The highest BCUT2D eigenvalue weighted by molar-refractivity contribution is 6.67. The van der Waals surface area contributed by atoms with Crippen molar-refractivity contribution in [2.24, 2.45) is 0 Å². The summed E-state index contributed by atoms with van der Waals surface area (Å²) in [6.07, 6.45) is -14.9. The minimum absolute atomic E-state index is 0.00249. The largest absolute Gasteiger partial charge is 0.445 e. The summed E-state index contributed by atoms with van der Waals surface area (Å²) in [6, 6.07) is 53.3. The van der Waals surface area contributed by atoms with E-state index in [2.05, 4.69) is 5.32 Å². The van der Waals surface area contributed by atoms with Crippen molar-refractivity contribution in [2.45, 2.75) is 111 Å². The van der Waals surface area contributed by atoms with Gasteiger partial charge in [0.05, 0.1) is 56.3 Å². The molecule has 2 saturated heterocycles. The molecule has 0 radical (unpaired) electrons. The number of alkyl carbamates (subject to hydrolysis) is 1. The standard InChI is InChI=1S/C58H62Cl3NO12/c1-65-56-55(71-37-45-30-18-7-19-31-45)54(70-36-44-28-16-6-17-29-44)53(69-35-43-26-14-5-15-27-43)52(74-56)48(63)50-47(62-57(64)72-39-58(59,60)61)51(68-34-42-24-12-4-13-25-42)49(67-33-41-22-10-3-11-23-41)46(73-50)38-66-32-40-20-8-2-9-21-40/h2-31,46-56,63H,32-39H2,1H3,(H,62,64)/t46-,47+,48?,49-,50+,51-,52-,53-,54+,55-,56?/m1/s1/i35D,36D,37D/t35?,36?,37?,46-,47+,48?,49-,50+,51-,52-,53-,54+,55-,56?. The van der Waals surface area contributed by atoms with Crippen LogP contribution >= 0.6 is 34.8 Å². The van der Waals surface area contributed by atoms with E-state index in [1.54, 1.807) is 84.9 Å². The van der Waals surface area contributed by atoms with Crippen LogP contribution in [-0.2, 0) is 86.9 Å². The monoisotopic (exact) mass is 1070 g/mol. The molecule has 2 aliphatic heterocycles. The second-order valence-corrected chi connectivity index (χ2v) is 20.1. The van der Waals surface area contributed by atoms with E-state index in [0.717, 1.165) is 16.7 Å².